The Labute approximate surface area is 123 Å². The number of nitrogens with zero attached hydrogens (tertiary/aromatic N) is 2. The van der Waals surface area contributed by atoms with Gasteiger partial charge in [-0.15, -0.1) is 0 Å². The number of aliphatic hydroxyl groups is 1. The van der Waals surface area contributed by atoms with Crippen LogP contribution in [-0.2, 0) is 6.54 Å². The Hall–Kier alpha value is -0.680. The number of halogens is 2. The third-order valence-electron chi connectivity index (χ3n) is 4.42. The lowest BCUT2D eigenvalue weighted by Gasteiger charge is -2.43. The van der Waals surface area contributed by atoms with Gasteiger partial charge in [0.1, 0.15) is 5.82 Å². The average molecular weight is 299 g/mol. The molecule has 0 radical (unpaired) electrons. The van der Waals surface area contributed by atoms with Crippen LogP contribution in [-0.4, -0.2) is 53.2 Å². The van der Waals surface area contributed by atoms with Crippen molar-refractivity contribution in [1.82, 2.24) is 9.80 Å². The van der Waals surface area contributed by atoms with E-state index in [-0.39, 0.29) is 18.5 Å². The number of fused-ring (bicyclic) bond motifs is 1. The van der Waals surface area contributed by atoms with Crippen molar-refractivity contribution >= 4 is 11.6 Å². The SMILES string of the molecule is OC[C@H]1CN2CCC[C@H]2CN1Cc1cc(F)cc(Cl)c1. The number of rotatable bonds is 3. The summed E-state index contributed by atoms with van der Waals surface area (Å²) in [4.78, 5) is 4.73. The summed E-state index contributed by atoms with van der Waals surface area (Å²) in [6, 6.07) is 5.37. The Morgan fingerprint density at radius 1 is 1.30 bits per heavy atom. The van der Waals surface area contributed by atoms with Gasteiger partial charge < -0.3 is 5.11 Å². The van der Waals surface area contributed by atoms with E-state index in [0.717, 1.165) is 25.2 Å². The van der Waals surface area contributed by atoms with Gasteiger partial charge in [-0.3, -0.25) is 9.80 Å². The van der Waals surface area contributed by atoms with Gasteiger partial charge in [0.2, 0.25) is 0 Å². The molecule has 0 saturated carbocycles. The number of aliphatic hydroxyl groups excluding tert-OH is 1. The molecule has 3 nitrogen and oxygen atoms in total. The standard InChI is InChI=1S/C15H20ClFN2O/c16-12-4-11(5-13(17)6-12)7-19-8-14-2-1-3-18(14)9-15(19)10-20/h4-6,14-15,20H,1-3,7-10H2/t14-,15+/m0/s1. The summed E-state index contributed by atoms with van der Waals surface area (Å²) in [7, 11) is 0. The quantitative estimate of drug-likeness (QED) is 0.926. The molecule has 2 atom stereocenters. The number of hydrogen-bond donors (Lipinski definition) is 1. The smallest absolute Gasteiger partial charge is 0.125 e. The molecule has 110 valence electrons. The maximum Gasteiger partial charge on any atom is 0.125 e. The minimum absolute atomic E-state index is 0.131. The van der Waals surface area contributed by atoms with Gasteiger partial charge in [-0.05, 0) is 43.1 Å². The fourth-order valence-corrected chi connectivity index (χ4v) is 3.70. The van der Waals surface area contributed by atoms with Crippen LogP contribution in [0.2, 0.25) is 5.02 Å². The summed E-state index contributed by atoms with van der Waals surface area (Å²) < 4.78 is 13.4. The summed E-state index contributed by atoms with van der Waals surface area (Å²) in [5.41, 5.74) is 0.875. The minimum atomic E-state index is -0.299. The first-order valence-corrected chi connectivity index (χ1v) is 7.57. The minimum Gasteiger partial charge on any atom is -0.395 e. The summed E-state index contributed by atoms with van der Waals surface area (Å²) >= 11 is 5.91. The molecule has 2 aliphatic rings. The summed E-state index contributed by atoms with van der Waals surface area (Å²) in [5, 5.41) is 10.0. The molecule has 2 heterocycles. The molecular weight excluding hydrogens is 279 g/mol. The number of benzene rings is 1. The zero-order valence-corrected chi connectivity index (χ0v) is 12.2. The molecular formula is C15H20ClFN2O. The van der Waals surface area contributed by atoms with Gasteiger partial charge in [-0.25, -0.2) is 4.39 Å². The van der Waals surface area contributed by atoms with Crippen LogP contribution in [0.4, 0.5) is 4.39 Å². The number of piperazine rings is 1. The Morgan fingerprint density at radius 2 is 2.15 bits per heavy atom. The number of hydrogen-bond acceptors (Lipinski definition) is 3. The Morgan fingerprint density at radius 3 is 2.90 bits per heavy atom. The molecule has 0 spiro atoms. The molecule has 1 aromatic rings. The molecule has 2 aliphatic heterocycles. The van der Waals surface area contributed by atoms with Gasteiger partial charge in [0.15, 0.2) is 0 Å². The topological polar surface area (TPSA) is 26.7 Å². The lowest BCUT2D eigenvalue weighted by molar-refractivity contribution is 0.0169. The zero-order valence-electron chi connectivity index (χ0n) is 11.4. The summed E-state index contributed by atoms with van der Waals surface area (Å²) in [6.07, 6.45) is 2.46. The van der Waals surface area contributed by atoms with Gasteiger partial charge >= 0.3 is 0 Å². The molecule has 1 N–H and O–H groups in total. The third-order valence-corrected chi connectivity index (χ3v) is 4.64. The second-order valence-corrected chi connectivity index (χ2v) is 6.27. The van der Waals surface area contributed by atoms with Crippen LogP contribution in [0, 0.1) is 5.82 Å². The van der Waals surface area contributed by atoms with E-state index in [9.17, 15) is 9.50 Å². The van der Waals surface area contributed by atoms with Crippen molar-refractivity contribution in [2.45, 2.75) is 31.5 Å². The molecule has 2 saturated heterocycles. The van der Waals surface area contributed by atoms with Crippen molar-refractivity contribution in [2.75, 3.05) is 26.2 Å². The molecule has 0 aromatic heterocycles. The summed E-state index contributed by atoms with van der Waals surface area (Å²) in [6.45, 7) is 3.78. The lowest BCUT2D eigenvalue weighted by Crippen LogP contribution is -2.56. The maximum atomic E-state index is 13.4. The second kappa shape index (κ2) is 5.98. The van der Waals surface area contributed by atoms with E-state index < -0.39 is 0 Å². The largest absolute Gasteiger partial charge is 0.395 e. The predicted octanol–water partition coefficient (Wildman–Crippen LogP) is 2.12. The Balaban J connectivity index is 1.74. The van der Waals surface area contributed by atoms with Gasteiger partial charge in [0.05, 0.1) is 6.61 Å². The van der Waals surface area contributed by atoms with E-state index in [2.05, 4.69) is 9.80 Å². The van der Waals surface area contributed by atoms with E-state index in [0.29, 0.717) is 17.6 Å². The van der Waals surface area contributed by atoms with Crippen molar-refractivity contribution in [3.63, 3.8) is 0 Å². The maximum absolute atomic E-state index is 13.4. The molecule has 0 bridgehead atoms. The van der Waals surface area contributed by atoms with Crippen LogP contribution >= 0.6 is 11.6 Å². The van der Waals surface area contributed by atoms with Gasteiger partial charge in [0.25, 0.3) is 0 Å². The molecule has 20 heavy (non-hydrogen) atoms. The van der Waals surface area contributed by atoms with Crippen molar-refractivity contribution in [3.05, 3.63) is 34.6 Å². The van der Waals surface area contributed by atoms with Crippen LogP contribution in [0.5, 0.6) is 0 Å². The van der Waals surface area contributed by atoms with Crippen LogP contribution < -0.4 is 0 Å². The van der Waals surface area contributed by atoms with Crippen LogP contribution in [0.1, 0.15) is 18.4 Å². The van der Waals surface area contributed by atoms with E-state index in [1.165, 1.54) is 25.0 Å². The first-order chi connectivity index (χ1) is 9.65. The molecule has 0 unspecified atom stereocenters. The molecule has 0 aliphatic carbocycles. The van der Waals surface area contributed by atoms with E-state index in [1.54, 1.807) is 6.07 Å². The van der Waals surface area contributed by atoms with Crippen molar-refractivity contribution < 1.29 is 9.50 Å². The molecule has 2 fully saturated rings. The highest BCUT2D eigenvalue weighted by Crippen LogP contribution is 2.26. The highest BCUT2D eigenvalue weighted by atomic mass is 35.5. The lowest BCUT2D eigenvalue weighted by atomic mass is 10.1. The highest BCUT2D eigenvalue weighted by molar-refractivity contribution is 6.30. The van der Waals surface area contributed by atoms with E-state index in [1.807, 2.05) is 0 Å². The molecule has 3 rings (SSSR count). The van der Waals surface area contributed by atoms with E-state index in [4.69, 9.17) is 11.6 Å². The normalized spacial score (nSPS) is 27.8. The predicted molar refractivity (Wildman–Crippen MR) is 77.3 cm³/mol. The van der Waals surface area contributed by atoms with Gasteiger partial charge in [-0.2, -0.15) is 0 Å². The molecule has 5 heteroatoms. The first-order valence-electron chi connectivity index (χ1n) is 7.19. The van der Waals surface area contributed by atoms with Crippen LogP contribution in [0.15, 0.2) is 18.2 Å². The Kier molecular flexibility index (Phi) is 4.26. The third kappa shape index (κ3) is 2.98. The summed E-state index contributed by atoms with van der Waals surface area (Å²) in [5.74, 6) is -0.299. The van der Waals surface area contributed by atoms with Gasteiger partial charge in [-0.1, -0.05) is 11.6 Å². The van der Waals surface area contributed by atoms with Crippen molar-refractivity contribution in [3.8, 4) is 0 Å². The average Bonchev–Trinajstić information content (AvgIpc) is 2.83. The molecule has 1 aromatic carbocycles. The Bertz CT molecular complexity index is 465. The second-order valence-electron chi connectivity index (χ2n) is 5.83. The van der Waals surface area contributed by atoms with Gasteiger partial charge in [0, 0.05) is 36.7 Å². The monoisotopic (exact) mass is 298 g/mol. The fraction of sp³-hybridized carbons (Fsp3) is 0.600. The van der Waals surface area contributed by atoms with Crippen molar-refractivity contribution in [1.29, 1.82) is 0 Å². The molecule has 0 amide bonds. The fourth-order valence-electron chi connectivity index (χ4n) is 3.45. The zero-order chi connectivity index (χ0) is 14.1. The first kappa shape index (κ1) is 14.3. The highest BCUT2D eigenvalue weighted by Gasteiger charge is 2.35. The van der Waals surface area contributed by atoms with Crippen LogP contribution in [0.25, 0.3) is 0 Å². The van der Waals surface area contributed by atoms with E-state index >= 15 is 0 Å². The van der Waals surface area contributed by atoms with Crippen LogP contribution in [0.3, 0.4) is 0 Å². The van der Waals surface area contributed by atoms with Crippen molar-refractivity contribution in [2.24, 2.45) is 0 Å².